The molecule has 1 aliphatic heterocycles. The Hall–Kier alpha value is -0.250. The van der Waals surface area contributed by atoms with Gasteiger partial charge in [-0.25, -0.2) is 0 Å². The maximum Gasteiger partial charge on any atom is 0.223 e. The maximum atomic E-state index is 11.8. The van der Waals surface area contributed by atoms with Gasteiger partial charge in [-0.3, -0.25) is 4.79 Å². The van der Waals surface area contributed by atoms with Gasteiger partial charge in [0.2, 0.25) is 5.91 Å². The molecule has 0 N–H and O–H groups in total. The summed E-state index contributed by atoms with van der Waals surface area (Å²) in [5.74, 6) is 0.606. The quantitative estimate of drug-likeness (QED) is 0.770. The third kappa shape index (κ3) is 3.15. The van der Waals surface area contributed by atoms with Crippen LogP contribution in [0, 0.1) is 5.92 Å². The lowest BCUT2D eigenvalue weighted by molar-refractivity contribution is -0.128. The third-order valence-corrected chi connectivity index (χ3v) is 4.39. The van der Waals surface area contributed by atoms with Crippen molar-refractivity contribution in [2.45, 2.75) is 13.0 Å². The highest BCUT2D eigenvalue weighted by Crippen LogP contribution is 2.26. The first-order chi connectivity index (χ1) is 8.10. The standard InChI is InChI=1S/C12H12BrCl2NO/c13-5-8-3-12(17)16(6-8)7-9-1-2-10(14)4-11(9)15/h1-2,4,8H,3,5-7H2. The number of halogens is 3. The van der Waals surface area contributed by atoms with Crippen molar-refractivity contribution in [3.8, 4) is 0 Å². The van der Waals surface area contributed by atoms with Crippen molar-refractivity contribution in [2.75, 3.05) is 11.9 Å². The zero-order chi connectivity index (χ0) is 12.4. The summed E-state index contributed by atoms with van der Waals surface area (Å²) in [6.07, 6.45) is 0.621. The zero-order valence-corrected chi connectivity index (χ0v) is 12.2. The smallest absolute Gasteiger partial charge is 0.223 e. The summed E-state index contributed by atoms with van der Waals surface area (Å²) < 4.78 is 0. The second-order valence-corrected chi connectivity index (χ2v) is 5.73. The molecular weight excluding hydrogens is 325 g/mol. The third-order valence-electron chi connectivity index (χ3n) is 2.89. The second-order valence-electron chi connectivity index (χ2n) is 4.23. The molecule has 1 aromatic carbocycles. The van der Waals surface area contributed by atoms with Crippen molar-refractivity contribution in [1.82, 2.24) is 4.90 Å². The highest BCUT2D eigenvalue weighted by Gasteiger charge is 2.28. The van der Waals surface area contributed by atoms with Gasteiger partial charge in [-0.2, -0.15) is 0 Å². The Kier molecular flexibility index (Phi) is 4.34. The van der Waals surface area contributed by atoms with Crippen molar-refractivity contribution in [3.63, 3.8) is 0 Å². The lowest BCUT2D eigenvalue weighted by atomic mass is 10.2. The monoisotopic (exact) mass is 335 g/mol. The molecule has 0 radical (unpaired) electrons. The molecular formula is C12H12BrCl2NO. The summed E-state index contributed by atoms with van der Waals surface area (Å²) in [7, 11) is 0. The van der Waals surface area contributed by atoms with E-state index in [4.69, 9.17) is 23.2 Å². The van der Waals surface area contributed by atoms with Gasteiger partial charge in [0.05, 0.1) is 0 Å². The Labute approximate surface area is 119 Å². The van der Waals surface area contributed by atoms with E-state index in [2.05, 4.69) is 15.9 Å². The van der Waals surface area contributed by atoms with Crippen LogP contribution < -0.4 is 0 Å². The Morgan fingerprint density at radius 3 is 2.76 bits per heavy atom. The molecule has 1 heterocycles. The van der Waals surface area contributed by atoms with Crippen LogP contribution in [0.2, 0.25) is 10.0 Å². The van der Waals surface area contributed by atoms with E-state index in [0.29, 0.717) is 28.9 Å². The number of likely N-dealkylation sites (tertiary alicyclic amines) is 1. The summed E-state index contributed by atoms with van der Waals surface area (Å²) >= 11 is 15.3. The van der Waals surface area contributed by atoms with Gasteiger partial charge >= 0.3 is 0 Å². The molecule has 1 saturated heterocycles. The van der Waals surface area contributed by atoms with E-state index in [9.17, 15) is 4.79 Å². The maximum absolute atomic E-state index is 11.8. The van der Waals surface area contributed by atoms with Gasteiger partial charge < -0.3 is 4.90 Å². The Bertz CT molecular complexity index is 439. The minimum Gasteiger partial charge on any atom is -0.338 e. The van der Waals surface area contributed by atoms with Crippen LogP contribution in [0.3, 0.4) is 0 Å². The van der Waals surface area contributed by atoms with Crippen LogP contribution in [0.5, 0.6) is 0 Å². The van der Waals surface area contributed by atoms with Gasteiger partial charge in [0, 0.05) is 34.9 Å². The number of nitrogens with zero attached hydrogens (tertiary/aromatic N) is 1. The minimum absolute atomic E-state index is 0.195. The second kappa shape index (κ2) is 5.59. The molecule has 1 aromatic rings. The van der Waals surface area contributed by atoms with E-state index in [1.54, 1.807) is 12.1 Å². The predicted molar refractivity (Wildman–Crippen MR) is 73.8 cm³/mol. The average Bonchev–Trinajstić information content (AvgIpc) is 2.64. The van der Waals surface area contributed by atoms with Crippen molar-refractivity contribution < 1.29 is 4.79 Å². The van der Waals surface area contributed by atoms with Gasteiger partial charge in [-0.15, -0.1) is 0 Å². The Balaban J connectivity index is 2.08. The number of rotatable bonds is 3. The van der Waals surface area contributed by atoms with Gasteiger partial charge in [0.1, 0.15) is 0 Å². The molecule has 17 heavy (non-hydrogen) atoms. The number of alkyl halides is 1. The molecule has 0 bridgehead atoms. The van der Waals surface area contributed by atoms with E-state index < -0.39 is 0 Å². The number of amides is 1. The molecule has 92 valence electrons. The SMILES string of the molecule is O=C1CC(CBr)CN1Cc1ccc(Cl)cc1Cl. The molecule has 1 fully saturated rings. The predicted octanol–water partition coefficient (Wildman–Crippen LogP) is 3.74. The highest BCUT2D eigenvalue weighted by molar-refractivity contribution is 9.09. The van der Waals surface area contributed by atoms with Crippen LogP contribution in [0.1, 0.15) is 12.0 Å². The van der Waals surface area contributed by atoms with Crippen molar-refractivity contribution >= 4 is 45.0 Å². The van der Waals surface area contributed by atoms with Gasteiger partial charge in [-0.1, -0.05) is 45.2 Å². The first kappa shape index (κ1) is 13.2. The number of carbonyl (C=O) groups excluding carboxylic acids is 1. The van der Waals surface area contributed by atoms with Crippen molar-refractivity contribution in [1.29, 1.82) is 0 Å². The van der Waals surface area contributed by atoms with Crippen LogP contribution >= 0.6 is 39.1 Å². The van der Waals surface area contributed by atoms with Crippen LogP contribution in [0.4, 0.5) is 0 Å². The number of hydrogen-bond acceptors (Lipinski definition) is 1. The van der Waals surface area contributed by atoms with E-state index in [0.717, 1.165) is 17.4 Å². The first-order valence-corrected chi connectivity index (χ1v) is 7.25. The van der Waals surface area contributed by atoms with Crippen molar-refractivity contribution in [2.24, 2.45) is 5.92 Å². The molecule has 0 aromatic heterocycles. The Morgan fingerprint density at radius 1 is 1.41 bits per heavy atom. The summed E-state index contributed by atoms with van der Waals surface area (Å²) in [5.41, 5.74) is 0.944. The fourth-order valence-corrected chi connectivity index (χ4v) is 2.87. The van der Waals surface area contributed by atoms with E-state index in [1.165, 1.54) is 0 Å². The molecule has 1 atom stereocenters. The van der Waals surface area contributed by atoms with Gasteiger partial charge in [0.15, 0.2) is 0 Å². The zero-order valence-electron chi connectivity index (χ0n) is 9.13. The fraction of sp³-hybridized carbons (Fsp3) is 0.417. The molecule has 5 heteroatoms. The molecule has 0 saturated carbocycles. The number of hydrogen-bond donors (Lipinski definition) is 0. The molecule has 1 amide bonds. The average molecular weight is 337 g/mol. The summed E-state index contributed by atoms with van der Waals surface area (Å²) in [6.45, 7) is 1.36. The van der Waals surface area contributed by atoms with E-state index in [-0.39, 0.29) is 5.91 Å². The summed E-state index contributed by atoms with van der Waals surface area (Å²) in [5, 5.41) is 2.10. The molecule has 1 aliphatic rings. The number of benzene rings is 1. The molecule has 1 unspecified atom stereocenters. The topological polar surface area (TPSA) is 20.3 Å². The molecule has 0 aliphatic carbocycles. The summed E-state index contributed by atoms with van der Waals surface area (Å²) in [4.78, 5) is 13.6. The molecule has 2 rings (SSSR count). The van der Waals surface area contributed by atoms with Crippen LogP contribution in [0.25, 0.3) is 0 Å². The van der Waals surface area contributed by atoms with Crippen LogP contribution in [-0.4, -0.2) is 22.7 Å². The van der Waals surface area contributed by atoms with Gasteiger partial charge in [0.25, 0.3) is 0 Å². The van der Waals surface area contributed by atoms with Gasteiger partial charge in [-0.05, 0) is 23.6 Å². The Morgan fingerprint density at radius 2 is 2.18 bits per heavy atom. The van der Waals surface area contributed by atoms with E-state index >= 15 is 0 Å². The molecule has 0 spiro atoms. The van der Waals surface area contributed by atoms with Crippen molar-refractivity contribution in [3.05, 3.63) is 33.8 Å². The summed E-state index contributed by atoms with van der Waals surface area (Å²) in [6, 6.07) is 5.38. The molecule has 2 nitrogen and oxygen atoms in total. The van der Waals surface area contributed by atoms with E-state index in [1.807, 2.05) is 11.0 Å². The highest BCUT2D eigenvalue weighted by atomic mass is 79.9. The van der Waals surface area contributed by atoms with Crippen LogP contribution in [-0.2, 0) is 11.3 Å². The largest absolute Gasteiger partial charge is 0.338 e. The lowest BCUT2D eigenvalue weighted by Crippen LogP contribution is -2.24. The number of carbonyl (C=O) groups is 1. The lowest BCUT2D eigenvalue weighted by Gasteiger charge is -2.17. The normalized spacial score (nSPS) is 20.1. The fourth-order valence-electron chi connectivity index (χ4n) is 1.97. The first-order valence-electron chi connectivity index (χ1n) is 5.38. The minimum atomic E-state index is 0.195. The van der Waals surface area contributed by atoms with Crippen LogP contribution in [0.15, 0.2) is 18.2 Å².